The second-order valence-electron chi connectivity index (χ2n) is 3.49. The fourth-order valence-corrected chi connectivity index (χ4v) is 1.54. The Balaban J connectivity index is 0.00000144. The number of nitrogens with one attached hydrogen (secondary N) is 3. The zero-order valence-electron chi connectivity index (χ0n) is 9.70. The van der Waals surface area contributed by atoms with E-state index in [1.54, 1.807) is 0 Å². The van der Waals surface area contributed by atoms with Crippen LogP contribution < -0.4 is 40.4 Å². The fourth-order valence-electron chi connectivity index (χ4n) is 1.33. The second kappa shape index (κ2) is 6.16. The summed E-state index contributed by atoms with van der Waals surface area (Å²) in [6.07, 6.45) is 0. The van der Waals surface area contributed by atoms with Crippen LogP contribution in [0.1, 0.15) is 5.56 Å². The van der Waals surface area contributed by atoms with E-state index >= 15 is 0 Å². The topological polar surface area (TPSA) is 60.7 Å². The zero-order chi connectivity index (χ0) is 11.5. The number of aromatic nitrogens is 2. The molecule has 0 unspecified atom stereocenters. The summed E-state index contributed by atoms with van der Waals surface area (Å²) in [6, 6.07) is 9.28. The minimum absolute atomic E-state index is 0. The van der Waals surface area contributed by atoms with Crippen LogP contribution in [0.2, 0.25) is 0 Å². The second-order valence-corrected chi connectivity index (χ2v) is 3.90. The minimum Gasteiger partial charge on any atom is -0.342 e. The maximum Gasteiger partial charge on any atom is 1.00 e. The number of hydrogen-bond acceptors (Lipinski definition) is 3. The summed E-state index contributed by atoms with van der Waals surface area (Å²) in [5.41, 5.74) is 1.87. The number of anilines is 2. The van der Waals surface area contributed by atoms with Crippen molar-refractivity contribution in [3.63, 3.8) is 0 Å². The third kappa shape index (κ3) is 4.12. The molecule has 0 aliphatic heterocycles. The fraction of sp³-hybridized carbons (Fsp3) is 0.0909. The number of aromatic amines is 2. The van der Waals surface area contributed by atoms with Gasteiger partial charge in [-0.2, -0.15) is 0 Å². The molecule has 0 saturated carbocycles. The van der Waals surface area contributed by atoms with Crippen LogP contribution in [0.3, 0.4) is 0 Å². The third-order valence-electron chi connectivity index (χ3n) is 2.09. The molecule has 1 aromatic heterocycles. The van der Waals surface area contributed by atoms with Gasteiger partial charge in [0.2, 0.25) is 0 Å². The Bertz CT molecular complexity index is 575. The number of aryl methyl sites for hydroxylation is 1. The van der Waals surface area contributed by atoms with Crippen LogP contribution in [0.25, 0.3) is 0 Å². The number of benzene rings is 1. The molecule has 17 heavy (non-hydrogen) atoms. The normalized spacial score (nSPS) is 9.47. The molecule has 4 nitrogen and oxygen atoms in total. The number of rotatable bonds is 2. The van der Waals surface area contributed by atoms with E-state index in [9.17, 15) is 4.79 Å². The molecule has 0 spiro atoms. The van der Waals surface area contributed by atoms with Crippen molar-refractivity contribution in [2.75, 3.05) is 5.32 Å². The van der Waals surface area contributed by atoms with E-state index in [0.717, 1.165) is 5.69 Å². The largest absolute Gasteiger partial charge is 1.00 e. The standard InChI is InChI=1S/C11H11N3OS.Na/c1-7-2-4-8(5-3-7)12-9-6-10(15)14-11(16)13-9;/h2-6H,1H3,(H3,12,13,14,15,16);/q;+1. The SMILES string of the molecule is Cc1ccc(Nc2cc(=O)[nH]c(=S)[nH]2)cc1.[Na+]. The quantitative estimate of drug-likeness (QED) is 0.501. The summed E-state index contributed by atoms with van der Waals surface area (Å²) in [5, 5.41) is 3.07. The maximum absolute atomic E-state index is 11.2. The van der Waals surface area contributed by atoms with E-state index in [2.05, 4.69) is 15.3 Å². The molecule has 6 heteroatoms. The Kier molecular flexibility index (Phi) is 5.14. The van der Waals surface area contributed by atoms with Gasteiger partial charge in [-0.25, -0.2) is 0 Å². The first-order valence-electron chi connectivity index (χ1n) is 4.81. The van der Waals surface area contributed by atoms with Gasteiger partial charge >= 0.3 is 29.6 Å². The molecular weight excluding hydrogens is 245 g/mol. The summed E-state index contributed by atoms with van der Waals surface area (Å²) in [6.45, 7) is 2.02. The van der Waals surface area contributed by atoms with Crippen LogP contribution in [0, 0.1) is 11.7 Å². The molecule has 2 rings (SSSR count). The van der Waals surface area contributed by atoms with Gasteiger partial charge in [0.05, 0.1) is 0 Å². The van der Waals surface area contributed by atoms with Crippen LogP contribution in [0.15, 0.2) is 35.1 Å². The Morgan fingerprint density at radius 3 is 2.41 bits per heavy atom. The molecule has 0 fully saturated rings. The van der Waals surface area contributed by atoms with Crippen molar-refractivity contribution in [3.8, 4) is 0 Å². The summed E-state index contributed by atoms with van der Waals surface area (Å²) < 4.78 is 0.308. The van der Waals surface area contributed by atoms with Gasteiger partial charge in [-0.1, -0.05) is 17.7 Å². The molecule has 0 aliphatic rings. The maximum atomic E-state index is 11.2. The molecule has 0 radical (unpaired) electrons. The molecular formula is C11H11N3NaOS+. The van der Waals surface area contributed by atoms with E-state index in [1.807, 2.05) is 31.2 Å². The first kappa shape index (κ1) is 14.2. The first-order chi connectivity index (χ1) is 7.63. The zero-order valence-corrected chi connectivity index (χ0v) is 12.5. The molecule has 82 valence electrons. The van der Waals surface area contributed by atoms with E-state index < -0.39 is 0 Å². The van der Waals surface area contributed by atoms with Crippen molar-refractivity contribution < 1.29 is 29.6 Å². The molecule has 0 amide bonds. The minimum atomic E-state index is -0.224. The Labute approximate surface area is 126 Å². The van der Waals surface area contributed by atoms with Gasteiger partial charge in [-0.15, -0.1) is 0 Å². The van der Waals surface area contributed by atoms with E-state index in [0.29, 0.717) is 10.6 Å². The number of hydrogen-bond donors (Lipinski definition) is 3. The summed E-state index contributed by atoms with van der Waals surface area (Å²) in [5.74, 6) is 0.581. The van der Waals surface area contributed by atoms with Crippen molar-refractivity contribution in [1.82, 2.24) is 9.97 Å². The molecule has 0 bridgehead atoms. The smallest absolute Gasteiger partial charge is 0.342 e. The van der Waals surface area contributed by atoms with Gasteiger partial charge in [-0.05, 0) is 31.3 Å². The van der Waals surface area contributed by atoms with Crippen molar-refractivity contribution in [2.45, 2.75) is 6.92 Å². The van der Waals surface area contributed by atoms with Crippen LogP contribution in [0.4, 0.5) is 11.5 Å². The van der Waals surface area contributed by atoms with Crippen LogP contribution in [-0.4, -0.2) is 9.97 Å². The molecule has 2 aromatic rings. The van der Waals surface area contributed by atoms with E-state index in [1.165, 1.54) is 11.6 Å². The van der Waals surface area contributed by atoms with Crippen molar-refractivity contribution >= 4 is 23.7 Å². The van der Waals surface area contributed by atoms with Crippen LogP contribution in [0.5, 0.6) is 0 Å². The van der Waals surface area contributed by atoms with Gasteiger partial charge in [0.1, 0.15) is 5.82 Å². The van der Waals surface area contributed by atoms with Crippen LogP contribution in [-0.2, 0) is 0 Å². The van der Waals surface area contributed by atoms with E-state index in [-0.39, 0.29) is 35.1 Å². The van der Waals surface area contributed by atoms with Gasteiger partial charge in [0, 0.05) is 11.8 Å². The molecule has 1 heterocycles. The molecule has 3 N–H and O–H groups in total. The van der Waals surface area contributed by atoms with Crippen molar-refractivity contribution in [3.05, 3.63) is 51.0 Å². The Hall–Kier alpha value is -0.880. The van der Waals surface area contributed by atoms with Gasteiger partial charge < -0.3 is 10.3 Å². The predicted octanol–water partition coefficient (Wildman–Crippen LogP) is -0.511. The van der Waals surface area contributed by atoms with Gasteiger partial charge in [-0.3, -0.25) is 9.78 Å². The van der Waals surface area contributed by atoms with Crippen LogP contribution >= 0.6 is 12.2 Å². The van der Waals surface area contributed by atoms with E-state index in [4.69, 9.17) is 12.2 Å². The molecule has 0 aliphatic carbocycles. The number of H-pyrrole nitrogens is 2. The Morgan fingerprint density at radius 2 is 1.82 bits per heavy atom. The van der Waals surface area contributed by atoms with Gasteiger partial charge in [0.25, 0.3) is 5.56 Å². The first-order valence-corrected chi connectivity index (χ1v) is 5.22. The predicted molar refractivity (Wildman–Crippen MR) is 66.7 cm³/mol. The van der Waals surface area contributed by atoms with Crippen molar-refractivity contribution in [1.29, 1.82) is 0 Å². The summed E-state index contributed by atoms with van der Waals surface area (Å²) >= 11 is 4.87. The van der Waals surface area contributed by atoms with Crippen molar-refractivity contribution in [2.24, 2.45) is 0 Å². The molecule has 1 aromatic carbocycles. The summed E-state index contributed by atoms with van der Waals surface area (Å²) in [7, 11) is 0. The molecule has 0 saturated heterocycles. The molecule has 0 atom stereocenters. The summed E-state index contributed by atoms with van der Waals surface area (Å²) in [4.78, 5) is 16.5. The third-order valence-corrected chi connectivity index (χ3v) is 2.30. The Morgan fingerprint density at radius 1 is 1.18 bits per heavy atom. The monoisotopic (exact) mass is 256 g/mol. The average molecular weight is 256 g/mol. The van der Waals surface area contributed by atoms with Gasteiger partial charge in [0.15, 0.2) is 4.77 Å². The average Bonchev–Trinajstić information content (AvgIpc) is 2.20.